The number of nitrogens with zero attached hydrogens (tertiary/aromatic N) is 3. The quantitative estimate of drug-likeness (QED) is 0.405. The van der Waals surface area contributed by atoms with Crippen molar-refractivity contribution in [2.75, 3.05) is 12.8 Å². The van der Waals surface area contributed by atoms with Crippen molar-refractivity contribution in [3.05, 3.63) is 68.4 Å². The first kappa shape index (κ1) is 22.5. The van der Waals surface area contributed by atoms with Gasteiger partial charge in [-0.1, -0.05) is 52.0 Å². The van der Waals surface area contributed by atoms with Crippen molar-refractivity contribution in [2.45, 2.75) is 38.2 Å². The molecular formula is C22H24BrN3O3S. The van der Waals surface area contributed by atoms with E-state index in [0.29, 0.717) is 22.6 Å². The summed E-state index contributed by atoms with van der Waals surface area (Å²) < 4.78 is 2.23. The van der Waals surface area contributed by atoms with Gasteiger partial charge in [0.15, 0.2) is 5.16 Å². The summed E-state index contributed by atoms with van der Waals surface area (Å²) in [5, 5.41) is 10.8. The van der Waals surface area contributed by atoms with Crippen molar-refractivity contribution in [2.24, 2.45) is 0 Å². The SMILES string of the molecule is Cc1ccccc1CN(C)C(=O)CSc1nc2ccc(Br)cc2c(=O)n1C[C@@H](C)O. The van der Waals surface area contributed by atoms with Crippen LogP contribution in [0.5, 0.6) is 0 Å². The van der Waals surface area contributed by atoms with E-state index in [9.17, 15) is 14.7 Å². The Labute approximate surface area is 188 Å². The Kier molecular flexibility index (Phi) is 7.33. The van der Waals surface area contributed by atoms with Crippen molar-refractivity contribution in [3.63, 3.8) is 0 Å². The summed E-state index contributed by atoms with van der Waals surface area (Å²) in [5.74, 6) is 0.0911. The van der Waals surface area contributed by atoms with Crippen molar-refractivity contribution in [1.82, 2.24) is 14.5 Å². The second-order valence-corrected chi connectivity index (χ2v) is 9.14. The predicted octanol–water partition coefficient (Wildman–Crippen LogP) is 3.60. The summed E-state index contributed by atoms with van der Waals surface area (Å²) in [4.78, 5) is 31.9. The summed E-state index contributed by atoms with van der Waals surface area (Å²) >= 11 is 4.59. The molecule has 0 aliphatic rings. The first-order chi connectivity index (χ1) is 14.3. The molecule has 0 radical (unpaired) electrons. The highest BCUT2D eigenvalue weighted by Gasteiger charge is 2.17. The normalized spacial score (nSPS) is 12.2. The Bertz CT molecular complexity index is 1130. The van der Waals surface area contributed by atoms with Crippen LogP contribution in [-0.4, -0.2) is 44.4 Å². The van der Waals surface area contributed by atoms with Crippen LogP contribution in [0.4, 0.5) is 0 Å². The van der Waals surface area contributed by atoms with Gasteiger partial charge in [0.1, 0.15) is 0 Å². The number of hydrogen-bond donors (Lipinski definition) is 1. The average Bonchev–Trinajstić information content (AvgIpc) is 2.70. The second-order valence-electron chi connectivity index (χ2n) is 7.29. The van der Waals surface area contributed by atoms with Gasteiger partial charge in [-0.3, -0.25) is 14.2 Å². The molecule has 0 aliphatic heterocycles. The fourth-order valence-electron chi connectivity index (χ4n) is 3.08. The number of rotatable bonds is 7. The third kappa shape index (κ3) is 5.30. The molecule has 3 rings (SSSR count). The van der Waals surface area contributed by atoms with Crippen molar-refractivity contribution in [1.29, 1.82) is 0 Å². The molecule has 0 fully saturated rings. The van der Waals surface area contributed by atoms with E-state index < -0.39 is 6.10 Å². The number of carbonyl (C=O) groups excluding carboxylic acids is 1. The lowest BCUT2D eigenvalue weighted by atomic mass is 10.1. The van der Waals surface area contributed by atoms with Crippen LogP contribution >= 0.6 is 27.7 Å². The molecule has 2 aromatic carbocycles. The number of hydrogen-bond acceptors (Lipinski definition) is 5. The largest absolute Gasteiger partial charge is 0.392 e. The molecule has 30 heavy (non-hydrogen) atoms. The van der Waals surface area contributed by atoms with Crippen LogP contribution in [0.1, 0.15) is 18.1 Å². The van der Waals surface area contributed by atoms with Gasteiger partial charge in [-0.05, 0) is 43.2 Å². The molecule has 1 N–H and O–H groups in total. The standard InChI is InChI=1S/C22H24BrN3O3S/c1-14-6-4-5-7-16(14)12-25(3)20(28)13-30-22-24-19-9-8-17(23)10-18(19)21(29)26(22)11-15(2)27/h4-10,15,27H,11-13H2,1-3H3/t15-/m1/s1. The number of aliphatic hydroxyl groups is 1. The Morgan fingerprint density at radius 3 is 2.73 bits per heavy atom. The van der Waals surface area contributed by atoms with Crippen LogP contribution in [0.3, 0.4) is 0 Å². The maximum atomic E-state index is 13.0. The monoisotopic (exact) mass is 489 g/mol. The van der Waals surface area contributed by atoms with Crippen molar-refractivity contribution >= 4 is 44.5 Å². The molecule has 1 aromatic heterocycles. The van der Waals surface area contributed by atoms with Crippen LogP contribution in [0.25, 0.3) is 10.9 Å². The van der Waals surface area contributed by atoms with E-state index in [-0.39, 0.29) is 23.8 Å². The maximum absolute atomic E-state index is 13.0. The van der Waals surface area contributed by atoms with Crippen LogP contribution in [0.15, 0.2) is 56.9 Å². The molecule has 0 spiro atoms. The second kappa shape index (κ2) is 9.76. The molecule has 1 heterocycles. The molecular weight excluding hydrogens is 466 g/mol. The van der Waals surface area contributed by atoms with Gasteiger partial charge in [0.2, 0.25) is 5.91 Å². The van der Waals surface area contributed by atoms with Crippen LogP contribution in [0, 0.1) is 6.92 Å². The van der Waals surface area contributed by atoms with Crippen LogP contribution in [-0.2, 0) is 17.9 Å². The number of carbonyl (C=O) groups is 1. The van der Waals surface area contributed by atoms with E-state index in [0.717, 1.165) is 15.6 Å². The van der Waals surface area contributed by atoms with Gasteiger partial charge in [-0.25, -0.2) is 4.98 Å². The highest BCUT2D eigenvalue weighted by molar-refractivity contribution is 9.10. The summed E-state index contributed by atoms with van der Waals surface area (Å²) in [5.41, 5.74) is 2.57. The molecule has 158 valence electrons. The Balaban J connectivity index is 1.82. The predicted molar refractivity (Wildman–Crippen MR) is 124 cm³/mol. The van der Waals surface area contributed by atoms with E-state index in [1.165, 1.54) is 16.3 Å². The highest BCUT2D eigenvalue weighted by Crippen LogP contribution is 2.21. The Morgan fingerprint density at radius 1 is 1.30 bits per heavy atom. The minimum absolute atomic E-state index is 0.0583. The topological polar surface area (TPSA) is 75.4 Å². The van der Waals surface area contributed by atoms with E-state index in [1.807, 2.05) is 37.3 Å². The number of halogens is 1. The van der Waals surface area contributed by atoms with Gasteiger partial charge in [0.25, 0.3) is 5.56 Å². The molecule has 0 saturated heterocycles. The molecule has 6 nitrogen and oxygen atoms in total. The molecule has 0 saturated carbocycles. The lowest BCUT2D eigenvalue weighted by molar-refractivity contribution is -0.127. The van der Waals surface area contributed by atoms with E-state index in [4.69, 9.17) is 0 Å². The van der Waals surface area contributed by atoms with Gasteiger partial charge in [-0.2, -0.15) is 0 Å². The van der Waals surface area contributed by atoms with Gasteiger partial charge in [-0.15, -0.1) is 0 Å². The average molecular weight is 490 g/mol. The van der Waals surface area contributed by atoms with E-state index in [2.05, 4.69) is 20.9 Å². The number of aromatic nitrogens is 2. The number of thioether (sulfide) groups is 1. The van der Waals surface area contributed by atoms with Gasteiger partial charge in [0, 0.05) is 18.1 Å². The molecule has 0 bridgehead atoms. The molecule has 8 heteroatoms. The van der Waals surface area contributed by atoms with E-state index in [1.54, 1.807) is 31.0 Å². The smallest absolute Gasteiger partial charge is 0.262 e. The highest BCUT2D eigenvalue weighted by atomic mass is 79.9. The van der Waals surface area contributed by atoms with Gasteiger partial charge >= 0.3 is 0 Å². The molecule has 3 aromatic rings. The molecule has 1 atom stereocenters. The number of amides is 1. The molecule has 1 amide bonds. The first-order valence-corrected chi connectivity index (χ1v) is 11.3. The lowest BCUT2D eigenvalue weighted by Crippen LogP contribution is -2.30. The van der Waals surface area contributed by atoms with E-state index >= 15 is 0 Å². The zero-order valence-electron chi connectivity index (χ0n) is 17.1. The number of benzene rings is 2. The fraction of sp³-hybridized carbons (Fsp3) is 0.318. The minimum Gasteiger partial charge on any atom is -0.392 e. The van der Waals surface area contributed by atoms with Crippen LogP contribution in [0.2, 0.25) is 0 Å². The fourth-order valence-corrected chi connectivity index (χ4v) is 4.39. The summed E-state index contributed by atoms with van der Waals surface area (Å²) in [6.45, 7) is 4.28. The third-order valence-corrected chi connectivity index (χ3v) is 6.20. The Hall–Kier alpha value is -2.16. The minimum atomic E-state index is -0.715. The van der Waals surface area contributed by atoms with Crippen LogP contribution < -0.4 is 5.56 Å². The Morgan fingerprint density at radius 2 is 2.03 bits per heavy atom. The number of fused-ring (bicyclic) bond motifs is 1. The zero-order valence-corrected chi connectivity index (χ0v) is 19.5. The summed E-state index contributed by atoms with van der Waals surface area (Å²) in [6.07, 6.45) is -0.715. The van der Waals surface area contributed by atoms with Gasteiger partial charge < -0.3 is 10.0 Å². The third-order valence-electron chi connectivity index (χ3n) is 4.75. The first-order valence-electron chi connectivity index (χ1n) is 9.55. The molecule has 0 unspecified atom stereocenters. The van der Waals surface area contributed by atoms with Crippen molar-refractivity contribution in [3.8, 4) is 0 Å². The summed E-state index contributed by atoms with van der Waals surface area (Å²) in [6, 6.07) is 13.3. The maximum Gasteiger partial charge on any atom is 0.262 e. The van der Waals surface area contributed by atoms with Crippen molar-refractivity contribution < 1.29 is 9.90 Å². The number of aryl methyl sites for hydroxylation is 1. The number of aliphatic hydroxyl groups excluding tert-OH is 1. The molecule has 0 aliphatic carbocycles. The lowest BCUT2D eigenvalue weighted by Gasteiger charge is -2.19. The zero-order chi connectivity index (χ0) is 21.8. The van der Waals surface area contributed by atoms with Gasteiger partial charge in [0.05, 0.1) is 29.3 Å². The summed E-state index contributed by atoms with van der Waals surface area (Å²) in [7, 11) is 1.77.